The molecule has 2 aromatic rings. The van der Waals surface area contributed by atoms with Gasteiger partial charge in [-0.05, 0) is 31.7 Å². The van der Waals surface area contributed by atoms with E-state index in [0.717, 1.165) is 18.5 Å². The molecule has 0 radical (unpaired) electrons. The number of imidazole rings is 1. The first kappa shape index (κ1) is 11.7. The zero-order valence-corrected chi connectivity index (χ0v) is 11.5. The van der Waals surface area contributed by atoms with Gasteiger partial charge in [-0.25, -0.2) is 9.97 Å². The van der Waals surface area contributed by atoms with Gasteiger partial charge in [0.15, 0.2) is 0 Å². The number of nitrogens with zero attached hydrogens (tertiary/aromatic N) is 3. The van der Waals surface area contributed by atoms with E-state index < -0.39 is 5.60 Å². The molecule has 0 aromatic carbocycles. The molecule has 2 bridgehead atoms. The van der Waals surface area contributed by atoms with Crippen molar-refractivity contribution in [1.82, 2.24) is 14.4 Å². The van der Waals surface area contributed by atoms with Crippen LogP contribution < -0.4 is 0 Å². The maximum Gasteiger partial charge on any atom is 0.233 e. The van der Waals surface area contributed by atoms with Gasteiger partial charge in [-0.3, -0.25) is 4.40 Å². The minimum atomic E-state index is -0.733. The molecule has 2 aromatic heterocycles. The van der Waals surface area contributed by atoms with Gasteiger partial charge in [0, 0.05) is 22.9 Å². The van der Waals surface area contributed by atoms with Gasteiger partial charge < -0.3 is 5.11 Å². The molecule has 2 atom stereocenters. The molecule has 0 aliphatic carbocycles. The van der Waals surface area contributed by atoms with Crippen LogP contribution in [0.1, 0.15) is 37.8 Å². The zero-order valence-electron chi connectivity index (χ0n) is 10.7. The van der Waals surface area contributed by atoms with Crippen molar-refractivity contribution in [3.8, 4) is 0 Å². The van der Waals surface area contributed by atoms with Crippen molar-refractivity contribution in [2.45, 2.75) is 48.2 Å². The van der Waals surface area contributed by atoms with Crippen LogP contribution in [0.2, 0.25) is 0 Å². The van der Waals surface area contributed by atoms with Gasteiger partial charge in [0.05, 0.1) is 11.9 Å². The third-order valence-electron chi connectivity index (χ3n) is 4.33. The number of aliphatic hydroxyl groups is 1. The van der Waals surface area contributed by atoms with Gasteiger partial charge in [0.1, 0.15) is 5.60 Å². The van der Waals surface area contributed by atoms with Gasteiger partial charge in [-0.1, -0.05) is 6.42 Å². The molecule has 0 saturated carbocycles. The Balaban J connectivity index is 1.78. The molecule has 2 aliphatic heterocycles. The van der Waals surface area contributed by atoms with E-state index in [9.17, 15) is 5.11 Å². The summed E-state index contributed by atoms with van der Waals surface area (Å²) in [6.07, 6.45) is 11.0. The second kappa shape index (κ2) is 4.21. The van der Waals surface area contributed by atoms with Crippen LogP contribution in [-0.2, 0) is 5.60 Å². The molecule has 0 spiro atoms. The van der Waals surface area contributed by atoms with E-state index in [0.29, 0.717) is 16.3 Å². The number of hydrogen-bond donors (Lipinski definition) is 1. The molecule has 2 fully saturated rings. The Bertz CT molecular complexity index is 600. The van der Waals surface area contributed by atoms with Crippen molar-refractivity contribution < 1.29 is 5.11 Å². The highest BCUT2D eigenvalue weighted by atomic mass is 32.2. The molecule has 4 rings (SSSR count). The molecule has 1 N–H and O–H groups in total. The Hall–Kier alpha value is -1.07. The van der Waals surface area contributed by atoms with Crippen molar-refractivity contribution >= 4 is 17.5 Å². The summed E-state index contributed by atoms with van der Waals surface area (Å²) in [4.78, 5) is 8.55. The van der Waals surface area contributed by atoms with Crippen molar-refractivity contribution in [1.29, 1.82) is 0 Å². The molecule has 4 heterocycles. The SMILES string of the molecule is OC1(c2cnc3ncccn23)CC2CCCC(C1)S2. The van der Waals surface area contributed by atoms with Crippen LogP contribution in [0.3, 0.4) is 0 Å². The van der Waals surface area contributed by atoms with E-state index in [-0.39, 0.29) is 0 Å². The van der Waals surface area contributed by atoms with Gasteiger partial charge >= 0.3 is 0 Å². The largest absolute Gasteiger partial charge is 0.383 e. The van der Waals surface area contributed by atoms with Crippen LogP contribution in [0.15, 0.2) is 24.7 Å². The van der Waals surface area contributed by atoms with E-state index in [1.54, 1.807) is 12.4 Å². The lowest BCUT2D eigenvalue weighted by Gasteiger charge is -2.43. The summed E-state index contributed by atoms with van der Waals surface area (Å²) >= 11 is 2.07. The fourth-order valence-corrected chi connectivity index (χ4v) is 5.39. The number of hydrogen-bond acceptors (Lipinski definition) is 4. The second-order valence-corrected chi connectivity index (χ2v) is 7.29. The predicted octanol–water partition coefficient (Wildman–Crippen LogP) is 2.37. The molecule has 19 heavy (non-hydrogen) atoms. The Kier molecular flexibility index (Phi) is 2.60. The lowest BCUT2D eigenvalue weighted by Crippen LogP contribution is -2.41. The van der Waals surface area contributed by atoms with E-state index in [1.165, 1.54) is 19.3 Å². The quantitative estimate of drug-likeness (QED) is 0.868. The minimum absolute atomic E-state index is 0.597. The molecule has 100 valence electrons. The topological polar surface area (TPSA) is 50.4 Å². The first-order chi connectivity index (χ1) is 9.24. The lowest BCUT2D eigenvalue weighted by atomic mass is 9.83. The molecule has 2 unspecified atom stereocenters. The zero-order chi connectivity index (χ0) is 12.9. The van der Waals surface area contributed by atoms with Crippen LogP contribution >= 0.6 is 11.8 Å². The van der Waals surface area contributed by atoms with Gasteiger partial charge in [-0.15, -0.1) is 0 Å². The molecule has 2 aliphatic rings. The fourth-order valence-electron chi connectivity index (χ4n) is 3.50. The van der Waals surface area contributed by atoms with Crippen LogP contribution in [0.4, 0.5) is 0 Å². The summed E-state index contributed by atoms with van der Waals surface area (Å²) in [5.74, 6) is 0.675. The maximum absolute atomic E-state index is 11.1. The highest BCUT2D eigenvalue weighted by Crippen LogP contribution is 2.49. The standard InChI is InChI=1S/C14H17N3OS/c18-14(7-10-3-1-4-11(8-14)19-10)12-9-16-13-15-5-2-6-17(12)13/h2,5-6,9-11,18H,1,3-4,7-8H2. The Morgan fingerprint density at radius 2 is 2.05 bits per heavy atom. The number of rotatable bonds is 1. The van der Waals surface area contributed by atoms with E-state index >= 15 is 0 Å². The summed E-state index contributed by atoms with van der Waals surface area (Å²) in [6.45, 7) is 0. The third-order valence-corrected chi connectivity index (χ3v) is 5.91. The second-order valence-electron chi connectivity index (χ2n) is 5.68. The fraction of sp³-hybridized carbons (Fsp3) is 0.571. The number of aromatic nitrogens is 3. The molecule has 4 nitrogen and oxygen atoms in total. The number of thioether (sulfide) groups is 1. The van der Waals surface area contributed by atoms with Crippen molar-refractivity contribution in [3.05, 3.63) is 30.4 Å². The molecule has 0 amide bonds. The lowest BCUT2D eigenvalue weighted by molar-refractivity contribution is 0.00327. The van der Waals surface area contributed by atoms with Crippen LogP contribution in [-0.4, -0.2) is 30.0 Å². The van der Waals surface area contributed by atoms with Crippen molar-refractivity contribution in [2.75, 3.05) is 0 Å². The van der Waals surface area contributed by atoms with Gasteiger partial charge in [0.25, 0.3) is 0 Å². The Morgan fingerprint density at radius 3 is 2.84 bits per heavy atom. The van der Waals surface area contributed by atoms with E-state index in [2.05, 4.69) is 21.7 Å². The normalized spacial score (nSPS) is 34.6. The summed E-state index contributed by atoms with van der Waals surface area (Å²) in [5, 5.41) is 12.3. The highest BCUT2D eigenvalue weighted by Gasteiger charge is 2.44. The van der Waals surface area contributed by atoms with Crippen LogP contribution in [0.25, 0.3) is 5.78 Å². The summed E-state index contributed by atoms with van der Waals surface area (Å²) in [7, 11) is 0. The Labute approximate surface area is 116 Å². The highest BCUT2D eigenvalue weighted by molar-refractivity contribution is 8.00. The molecular formula is C14H17N3OS. The average molecular weight is 275 g/mol. The molecular weight excluding hydrogens is 258 g/mol. The molecule has 5 heteroatoms. The van der Waals surface area contributed by atoms with Gasteiger partial charge in [-0.2, -0.15) is 11.8 Å². The smallest absolute Gasteiger partial charge is 0.233 e. The predicted molar refractivity (Wildman–Crippen MR) is 75.1 cm³/mol. The summed E-state index contributed by atoms with van der Waals surface area (Å²) in [5.41, 5.74) is 0.177. The van der Waals surface area contributed by atoms with Crippen LogP contribution in [0.5, 0.6) is 0 Å². The minimum Gasteiger partial charge on any atom is -0.383 e. The Morgan fingerprint density at radius 1 is 1.26 bits per heavy atom. The maximum atomic E-state index is 11.1. The number of fused-ring (bicyclic) bond motifs is 3. The van der Waals surface area contributed by atoms with E-state index in [4.69, 9.17) is 0 Å². The van der Waals surface area contributed by atoms with Crippen molar-refractivity contribution in [3.63, 3.8) is 0 Å². The summed E-state index contributed by atoms with van der Waals surface area (Å²) in [6, 6.07) is 1.89. The first-order valence-electron chi connectivity index (χ1n) is 6.91. The monoisotopic (exact) mass is 275 g/mol. The summed E-state index contributed by atoms with van der Waals surface area (Å²) < 4.78 is 1.94. The average Bonchev–Trinajstić information content (AvgIpc) is 2.82. The van der Waals surface area contributed by atoms with Gasteiger partial charge in [0.2, 0.25) is 5.78 Å². The van der Waals surface area contributed by atoms with E-state index in [1.807, 2.05) is 16.7 Å². The van der Waals surface area contributed by atoms with Crippen LogP contribution in [0, 0.1) is 0 Å². The van der Waals surface area contributed by atoms with Crippen molar-refractivity contribution in [2.24, 2.45) is 0 Å². The first-order valence-corrected chi connectivity index (χ1v) is 7.85. The third kappa shape index (κ3) is 1.87. The molecule has 2 saturated heterocycles.